The number of pyridine rings is 1. The minimum atomic E-state index is -1.01. The molecule has 0 aliphatic rings. The molecule has 0 aliphatic carbocycles. The predicted octanol–water partition coefficient (Wildman–Crippen LogP) is 3.26. The molecule has 24 heavy (non-hydrogen) atoms. The van der Waals surface area contributed by atoms with Crippen LogP contribution in [0.1, 0.15) is 18.2 Å². The van der Waals surface area contributed by atoms with Gasteiger partial charge in [-0.25, -0.2) is 4.79 Å². The lowest BCUT2D eigenvalue weighted by molar-refractivity contribution is -0.139. The predicted molar refractivity (Wildman–Crippen MR) is 93.5 cm³/mol. The second kappa shape index (κ2) is 8.66. The summed E-state index contributed by atoms with van der Waals surface area (Å²) in [5.41, 5.74) is 1.89. The quantitative estimate of drug-likeness (QED) is 0.793. The third kappa shape index (κ3) is 5.51. The number of nitrogens with zero attached hydrogens (tertiary/aromatic N) is 2. The van der Waals surface area contributed by atoms with Crippen LogP contribution in [0.3, 0.4) is 0 Å². The Labute approximate surface area is 146 Å². The van der Waals surface area contributed by atoms with E-state index in [4.69, 9.17) is 21.4 Å². The van der Waals surface area contributed by atoms with E-state index in [1.807, 2.05) is 31.3 Å². The topological polar surface area (TPSA) is 62.7 Å². The molecule has 0 radical (unpaired) electrons. The molecule has 1 atom stereocenters. The van der Waals surface area contributed by atoms with E-state index in [9.17, 15) is 4.79 Å². The van der Waals surface area contributed by atoms with Crippen LogP contribution in [0.4, 0.5) is 0 Å². The number of carboxylic acids is 1. The summed E-state index contributed by atoms with van der Waals surface area (Å²) >= 11 is 6.07. The van der Waals surface area contributed by atoms with Crippen molar-refractivity contribution in [1.29, 1.82) is 0 Å². The molecule has 0 saturated heterocycles. The zero-order chi connectivity index (χ0) is 17.5. The van der Waals surface area contributed by atoms with Crippen LogP contribution in [0.15, 0.2) is 42.6 Å². The van der Waals surface area contributed by atoms with E-state index in [-0.39, 0.29) is 12.6 Å². The van der Waals surface area contributed by atoms with Gasteiger partial charge in [0.15, 0.2) is 6.61 Å². The monoisotopic (exact) mass is 348 g/mol. The van der Waals surface area contributed by atoms with Gasteiger partial charge in [-0.1, -0.05) is 17.7 Å². The molecule has 0 saturated carbocycles. The van der Waals surface area contributed by atoms with Crippen LogP contribution in [-0.4, -0.2) is 40.7 Å². The van der Waals surface area contributed by atoms with E-state index >= 15 is 0 Å². The van der Waals surface area contributed by atoms with E-state index in [2.05, 4.69) is 16.8 Å². The van der Waals surface area contributed by atoms with E-state index in [0.717, 1.165) is 17.7 Å². The first-order valence-electron chi connectivity index (χ1n) is 7.69. The second-order valence-electron chi connectivity index (χ2n) is 5.72. The Morgan fingerprint density at radius 1 is 1.38 bits per heavy atom. The molecule has 2 aromatic rings. The van der Waals surface area contributed by atoms with Crippen LogP contribution in [0.25, 0.3) is 0 Å². The number of likely N-dealkylation sites (N-methyl/N-ethyl adjacent to an activating group) is 1. The first-order chi connectivity index (χ1) is 11.5. The van der Waals surface area contributed by atoms with Crippen molar-refractivity contribution in [2.24, 2.45) is 0 Å². The van der Waals surface area contributed by atoms with Gasteiger partial charge in [-0.2, -0.15) is 0 Å². The fraction of sp³-hybridized carbons (Fsp3) is 0.333. The summed E-state index contributed by atoms with van der Waals surface area (Å²) < 4.78 is 5.36. The van der Waals surface area contributed by atoms with E-state index < -0.39 is 5.97 Å². The lowest BCUT2D eigenvalue weighted by atomic mass is 10.1. The minimum absolute atomic E-state index is 0.256. The third-order valence-electron chi connectivity index (χ3n) is 3.78. The van der Waals surface area contributed by atoms with Crippen molar-refractivity contribution in [3.05, 3.63) is 58.9 Å². The summed E-state index contributed by atoms with van der Waals surface area (Å²) in [6, 6.07) is 11.3. The second-order valence-corrected chi connectivity index (χ2v) is 6.16. The lowest BCUT2D eigenvalue weighted by Crippen LogP contribution is -2.31. The van der Waals surface area contributed by atoms with Crippen molar-refractivity contribution in [3.63, 3.8) is 0 Å². The Morgan fingerprint density at radius 2 is 2.17 bits per heavy atom. The summed E-state index contributed by atoms with van der Waals surface area (Å²) in [5, 5.41) is 9.38. The van der Waals surface area contributed by atoms with Crippen LogP contribution < -0.4 is 4.74 Å². The molecule has 1 aromatic heterocycles. The van der Waals surface area contributed by atoms with E-state index in [1.54, 1.807) is 18.3 Å². The molecule has 0 aliphatic heterocycles. The van der Waals surface area contributed by atoms with E-state index in [1.165, 1.54) is 0 Å². The lowest BCUT2D eigenvalue weighted by Gasteiger charge is -2.25. The maximum atomic E-state index is 10.7. The van der Waals surface area contributed by atoms with Gasteiger partial charge in [0.2, 0.25) is 0 Å². The van der Waals surface area contributed by atoms with Gasteiger partial charge < -0.3 is 9.84 Å². The number of hydrogen-bond acceptors (Lipinski definition) is 4. The Morgan fingerprint density at radius 3 is 2.83 bits per heavy atom. The minimum Gasteiger partial charge on any atom is -0.482 e. The number of carboxylic acid groups (broad SMARTS) is 1. The van der Waals surface area contributed by atoms with Crippen LogP contribution in [-0.2, 0) is 17.8 Å². The van der Waals surface area contributed by atoms with Crippen molar-refractivity contribution in [2.45, 2.75) is 25.9 Å². The highest BCUT2D eigenvalue weighted by atomic mass is 35.5. The van der Waals surface area contributed by atoms with Crippen molar-refractivity contribution >= 4 is 17.6 Å². The first-order valence-corrected chi connectivity index (χ1v) is 8.06. The molecule has 0 bridgehead atoms. The molecule has 1 heterocycles. The van der Waals surface area contributed by atoms with Crippen molar-refractivity contribution < 1.29 is 14.6 Å². The number of ether oxygens (including phenoxy) is 1. The Kier molecular flexibility index (Phi) is 6.58. The molecule has 0 unspecified atom stereocenters. The molecule has 1 N–H and O–H groups in total. The zero-order valence-corrected chi connectivity index (χ0v) is 14.5. The maximum Gasteiger partial charge on any atom is 0.341 e. The normalized spacial score (nSPS) is 12.2. The highest BCUT2D eigenvalue weighted by Gasteiger charge is 2.14. The van der Waals surface area contributed by atoms with Gasteiger partial charge in [-0.3, -0.25) is 9.88 Å². The molecule has 0 spiro atoms. The highest BCUT2D eigenvalue weighted by Crippen LogP contribution is 2.25. The molecule has 0 amide bonds. The number of aliphatic carboxylic acids is 1. The number of carbonyl (C=O) groups is 1. The number of aromatic nitrogens is 1. The molecule has 128 valence electrons. The molecule has 0 fully saturated rings. The largest absolute Gasteiger partial charge is 0.482 e. The van der Waals surface area contributed by atoms with Gasteiger partial charge in [0.1, 0.15) is 5.75 Å². The van der Waals surface area contributed by atoms with E-state index in [0.29, 0.717) is 17.3 Å². The smallest absolute Gasteiger partial charge is 0.341 e. The number of halogens is 1. The summed E-state index contributed by atoms with van der Waals surface area (Å²) in [7, 11) is 2.01. The van der Waals surface area contributed by atoms with Crippen LogP contribution in [0.2, 0.25) is 5.02 Å². The van der Waals surface area contributed by atoms with Gasteiger partial charge in [0.05, 0.1) is 0 Å². The summed E-state index contributed by atoms with van der Waals surface area (Å²) in [5.74, 6) is -0.466. The van der Waals surface area contributed by atoms with Crippen molar-refractivity contribution in [2.75, 3.05) is 13.7 Å². The SMILES string of the molecule is C[C@H](Cc1ccccn1)N(C)Cc1cc(Cl)ccc1OCC(=O)O. The third-order valence-corrected chi connectivity index (χ3v) is 4.01. The highest BCUT2D eigenvalue weighted by molar-refractivity contribution is 6.30. The molecule has 1 aromatic carbocycles. The van der Waals surface area contributed by atoms with Crippen molar-refractivity contribution in [3.8, 4) is 5.75 Å². The Hall–Kier alpha value is -2.11. The molecule has 2 rings (SSSR count). The maximum absolute atomic E-state index is 10.7. The summed E-state index contributed by atoms with van der Waals surface area (Å²) in [6.07, 6.45) is 2.61. The molecular weight excluding hydrogens is 328 g/mol. The fourth-order valence-electron chi connectivity index (χ4n) is 2.35. The summed E-state index contributed by atoms with van der Waals surface area (Å²) in [4.78, 5) is 17.2. The average molecular weight is 349 g/mol. The Balaban J connectivity index is 2.05. The van der Waals surface area contributed by atoms with Gasteiger partial charge in [0, 0.05) is 41.5 Å². The Bertz CT molecular complexity index is 679. The van der Waals surface area contributed by atoms with Crippen LogP contribution >= 0.6 is 11.6 Å². The van der Waals surface area contributed by atoms with Gasteiger partial charge in [-0.15, -0.1) is 0 Å². The van der Waals surface area contributed by atoms with Crippen molar-refractivity contribution in [1.82, 2.24) is 9.88 Å². The number of rotatable bonds is 8. The van der Waals surface area contributed by atoms with Gasteiger partial charge in [-0.05, 0) is 44.3 Å². The molecule has 6 heteroatoms. The van der Waals surface area contributed by atoms with Gasteiger partial charge >= 0.3 is 5.97 Å². The number of benzene rings is 1. The first kappa shape index (κ1) is 18.2. The molecule has 5 nitrogen and oxygen atoms in total. The fourth-order valence-corrected chi connectivity index (χ4v) is 2.55. The van der Waals surface area contributed by atoms with Gasteiger partial charge in [0.25, 0.3) is 0 Å². The van der Waals surface area contributed by atoms with Crippen LogP contribution in [0, 0.1) is 0 Å². The zero-order valence-electron chi connectivity index (χ0n) is 13.8. The number of hydrogen-bond donors (Lipinski definition) is 1. The standard InChI is InChI=1S/C18H21ClN2O3/c1-13(9-16-5-3-4-8-20-16)21(2)11-14-10-15(19)6-7-17(14)24-12-18(22)23/h3-8,10,13H,9,11-12H2,1-2H3,(H,22,23)/t13-/m1/s1. The molecular formula is C18H21ClN2O3. The summed E-state index contributed by atoms with van der Waals surface area (Å²) in [6.45, 7) is 2.35. The van der Waals surface area contributed by atoms with Crippen LogP contribution in [0.5, 0.6) is 5.75 Å². The average Bonchev–Trinajstić information content (AvgIpc) is 2.54.